The Hall–Kier alpha value is -2.82. The molecule has 1 N–H and O–H groups in total. The maximum atomic E-state index is 12.3. The number of piperidine rings is 1. The third-order valence-corrected chi connectivity index (χ3v) is 5.59. The van der Waals surface area contributed by atoms with Crippen molar-refractivity contribution < 1.29 is 4.79 Å². The summed E-state index contributed by atoms with van der Waals surface area (Å²) in [5.74, 6) is -0.186. The van der Waals surface area contributed by atoms with Gasteiger partial charge in [0.1, 0.15) is 0 Å². The van der Waals surface area contributed by atoms with E-state index in [1.807, 2.05) is 36.4 Å². The second-order valence-electron chi connectivity index (χ2n) is 7.58. The normalized spacial score (nSPS) is 17.3. The average molecular weight is 377 g/mol. The van der Waals surface area contributed by atoms with Crippen LogP contribution in [0.4, 0.5) is 11.4 Å². The number of hydrogen-bond donors (Lipinski definition) is 1. The lowest BCUT2D eigenvalue weighted by molar-refractivity contribution is 0.0955. The summed E-state index contributed by atoms with van der Waals surface area (Å²) in [7, 11) is 0. The molecule has 28 heavy (non-hydrogen) atoms. The van der Waals surface area contributed by atoms with Gasteiger partial charge in [-0.05, 0) is 74.1 Å². The maximum absolute atomic E-state index is 12.3. The van der Waals surface area contributed by atoms with Gasteiger partial charge in [0.05, 0.1) is 6.21 Å². The van der Waals surface area contributed by atoms with E-state index >= 15 is 0 Å². The lowest BCUT2D eigenvalue weighted by Crippen LogP contribution is -2.29. The highest BCUT2D eigenvalue weighted by atomic mass is 16.2. The Kier molecular flexibility index (Phi) is 5.90. The van der Waals surface area contributed by atoms with Crippen LogP contribution in [0.25, 0.3) is 0 Å². The molecule has 5 nitrogen and oxygen atoms in total. The van der Waals surface area contributed by atoms with Gasteiger partial charge in [0.15, 0.2) is 0 Å². The van der Waals surface area contributed by atoms with Crippen LogP contribution in [0, 0.1) is 0 Å². The van der Waals surface area contributed by atoms with Gasteiger partial charge in [-0.3, -0.25) is 4.79 Å². The fraction of sp³-hybridized carbons (Fsp3) is 0.391. The summed E-state index contributed by atoms with van der Waals surface area (Å²) in [6, 6.07) is 16.1. The number of carbonyl (C=O) groups excluding carboxylic acids is 1. The molecule has 2 aliphatic rings. The van der Waals surface area contributed by atoms with Gasteiger partial charge in [-0.2, -0.15) is 5.10 Å². The zero-order valence-electron chi connectivity index (χ0n) is 16.3. The highest BCUT2D eigenvalue weighted by Crippen LogP contribution is 2.21. The molecule has 0 aromatic heterocycles. The fourth-order valence-electron chi connectivity index (χ4n) is 3.95. The highest BCUT2D eigenvalue weighted by Gasteiger charge is 2.13. The Morgan fingerprint density at radius 1 is 0.750 bits per heavy atom. The van der Waals surface area contributed by atoms with E-state index in [1.165, 1.54) is 43.5 Å². The molecule has 0 radical (unpaired) electrons. The molecule has 146 valence electrons. The average Bonchev–Trinajstić information content (AvgIpc) is 3.30. The molecule has 0 saturated carbocycles. The Balaban J connectivity index is 1.30. The Labute approximate surface area is 167 Å². The summed E-state index contributed by atoms with van der Waals surface area (Å²) in [5, 5.41) is 4.11. The molecule has 2 aliphatic heterocycles. The van der Waals surface area contributed by atoms with Crippen molar-refractivity contribution in [2.45, 2.75) is 32.1 Å². The molecule has 0 aliphatic carbocycles. The van der Waals surface area contributed by atoms with Crippen LogP contribution in [0.15, 0.2) is 53.6 Å². The molecule has 1 amide bonds. The van der Waals surface area contributed by atoms with E-state index in [1.54, 1.807) is 6.21 Å². The van der Waals surface area contributed by atoms with Gasteiger partial charge < -0.3 is 9.80 Å². The van der Waals surface area contributed by atoms with Gasteiger partial charge in [-0.25, -0.2) is 5.43 Å². The van der Waals surface area contributed by atoms with Crippen molar-refractivity contribution >= 4 is 23.5 Å². The fourth-order valence-corrected chi connectivity index (χ4v) is 3.95. The topological polar surface area (TPSA) is 47.9 Å². The van der Waals surface area contributed by atoms with E-state index in [-0.39, 0.29) is 5.91 Å². The van der Waals surface area contributed by atoms with Gasteiger partial charge in [0.2, 0.25) is 0 Å². The van der Waals surface area contributed by atoms with Crippen LogP contribution < -0.4 is 15.2 Å². The lowest BCUT2D eigenvalue weighted by atomic mass is 10.1. The minimum absolute atomic E-state index is 0.186. The van der Waals surface area contributed by atoms with Crippen LogP contribution in [-0.4, -0.2) is 38.3 Å². The van der Waals surface area contributed by atoms with Crippen LogP contribution >= 0.6 is 0 Å². The molecule has 2 saturated heterocycles. The minimum Gasteiger partial charge on any atom is -0.372 e. The molecule has 2 fully saturated rings. The van der Waals surface area contributed by atoms with E-state index in [4.69, 9.17) is 0 Å². The Bertz CT molecular complexity index is 802. The van der Waals surface area contributed by atoms with Crippen molar-refractivity contribution in [2.75, 3.05) is 36.0 Å². The summed E-state index contributed by atoms with van der Waals surface area (Å²) >= 11 is 0. The smallest absolute Gasteiger partial charge is 0.271 e. The predicted molar refractivity (Wildman–Crippen MR) is 115 cm³/mol. The van der Waals surface area contributed by atoms with Crippen LogP contribution in [0.3, 0.4) is 0 Å². The maximum Gasteiger partial charge on any atom is 0.271 e. The predicted octanol–water partition coefficient (Wildman–Crippen LogP) is 4.04. The molecule has 0 bridgehead atoms. The van der Waals surface area contributed by atoms with Gasteiger partial charge in [0.25, 0.3) is 5.91 Å². The molecular formula is C23H28N4O. The number of hydrogen-bond acceptors (Lipinski definition) is 4. The second-order valence-corrected chi connectivity index (χ2v) is 7.58. The van der Waals surface area contributed by atoms with Crippen LogP contribution in [-0.2, 0) is 0 Å². The number of hydrazone groups is 1. The number of rotatable bonds is 5. The lowest BCUT2D eigenvalue weighted by Gasteiger charge is -2.28. The summed E-state index contributed by atoms with van der Waals surface area (Å²) in [6.07, 6.45) is 8.06. The Morgan fingerprint density at radius 2 is 1.25 bits per heavy atom. The molecule has 2 heterocycles. The zero-order chi connectivity index (χ0) is 19.2. The van der Waals surface area contributed by atoms with E-state index in [2.05, 4.69) is 32.5 Å². The van der Waals surface area contributed by atoms with Crippen molar-refractivity contribution in [3.63, 3.8) is 0 Å². The third-order valence-electron chi connectivity index (χ3n) is 5.59. The first-order valence-corrected chi connectivity index (χ1v) is 10.3. The monoisotopic (exact) mass is 376 g/mol. The minimum atomic E-state index is -0.186. The molecule has 2 aromatic rings. The number of nitrogens with one attached hydrogen (secondary N) is 1. The SMILES string of the molecule is O=C(N/N=C\c1ccc(N2CCCCC2)cc1)c1ccc(N2CCCC2)cc1. The van der Waals surface area contributed by atoms with E-state index < -0.39 is 0 Å². The summed E-state index contributed by atoms with van der Waals surface area (Å²) in [4.78, 5) is 17.1. The number of anilines is 2. The first-order chi connectivity index (χ1) is 13.8. The third kappa shape index (κ3) is 4.53. The standard InChI is InChI=1S/C23H28N4O/c28-23(20-8-12-22(13-9-20)27-16-4-5-17-27)25-24-18-19-6-10-21(11-7-19)26-14-2-1-3-15-26/h6-13,18H,1-5,14-17H2,(H,25,28)/b24-18-. The van der Waals surface area contributed by atoms with Gasteiger partial charge in [-0.1, -0.05) is 12.1 Å². The zero-order valence-corrected chi connectivity index (χ0v) is 16.3. The summed E-state index contributed by atoms with van der Waals surface area (Å²) < 4.78 is 0. The molecule has 2 aromatic carbocycles. The summed E-state index contributed by atoms with van der Waals surface area (Å²) in [6.45, 7) is 4.48. The van der Waals surface area contributed by atoms with Crippen molar-refractivity contribution in [1.29, 1.82) is 0 Å². The number of nitrogens with zero attached hydrogens (tertiary/aromatic N) is 3. The van der Waals surface area contributed by atoms with Crippen molar-refractivity contribution in [2.24, 2.45) is 5.10 Å². The second kappa shape index (κ2) is 8.91. The van der Waals surface area contributed by atoms with Crippen LogP contribution in [0.1, 0.15) is 48.0 Å². The van der Waals surface area contributed by atoms with E-state index in [0.29, 0.717) is 5.56 Å². The van der Waals surface area contributed by atoms with Gasteiger partial charge in [0, 0.05) is 43.1 Å². The molecule has 4 rings (SSSR count). The first kappa shape index (κ1) is 18.5. The van der Waals surface area contributed by atoms with Crippen LogP contribution in [0.5, 0.6) is 0 Å². The van der Waals surface area contributed by atoms with Crippen molar-refractivity contribution in [1.82, 2.24) is 5.43 Å². The first-order valence-electron chi connectivity index (χ1n) is 10.3. The van der Waals surface area contributed by atoms with Crippen molar-refractivity contribution in [3.8, 4) is 0 Å². The number of carbonyl (C=O) groups is 1. The molecule has 0 spiro atoms. The molecular weight excluding hydrogens is 348 g/mol. The molecule has 5 heteroatoms. The van der Waals surface area contributed by atoms with Gasteiger partial charge in [-0.15, -0.1) is 0 Å². The molecule has 0 atom stereocenters. The molecule has 0 unspecified atom stereocenters. The van der Waals surface area contributed by atoms with E-state index in [0.717, 1.165) is 31.7 Å². The van der Waals surface area contributed by atoms with Crippen molar-refractivity contribution in [3.05, 3.63) is 59.7 Å². The largest absolute Gasteiger partial charge is 0.372 e. The van der Waals surface area contributed by atoms with Crippen LogP contribution in [0.2, 0.25) is 0 Å². The number of amides is 1. The number of benzene rings is 2. The van der Waals surface area contributed by atoms with E-state index in [9.17, 15) is 4.79 Å². The summed E-state index contributed by atoms with van der Waals surface area (Å²) in [5.41, 5.74) is 6.67. The van der Waals surface area contributed by atoms with Gasteiger partial charge >= 0.3 is 0 Å². The Morgan fingerprint density at radius 3 is 1.82 bits per heavy atom. The highest BCUT2D eigenvalue weighted by molar-refractivity contribution is 5.95. The quantitative estimate of drug-likeness (QED) is 0.633.